The van der Waals surface area contributed by atoms with Gasteiger partial charge in [-0.2, -0.15) is 0 Å². The van der Waals surface area contributed by atoms with Crippen molar-refractivity contribution < 1.29 is 4.74 Å². The zero-order valence-corrected chi connectivity index (χ0v) is 12.4. The van der Waals surface area contributed by atoms with Crippen molar-refractivity contribution in [2.75, 3.05) is 26.2 Å². The van der Waals surface area contributed by atoms with Crippen molar-refractivity contribution in [1.82, 2.24) is 10.2 Å². The molecule has 20 heavy (non-hydrogen) atoms. The molecule has 3 nitrogen and oxygen atoms in total. The Balaban J connectivity index is 1.41. The van der Waals surface area contributed by atoms with Gasteiger partial charge in [-0.15, -0.1) is 0 Å². The van der Waals surface area contributed by atoms with Crippen molar-refractivity contribution in [2.45, 2.75) is 44.4 Å². The van der Waals surface area contributed by atoms with Gasteiger partial charge in [0.25, 0.3) is 0 Å². The summed E-state index contributed by atoms with van der Waals surface area (Å²) in [6.07, 6.45) is 3.99. The van der Waals surface area contributed by atoms with E-state index in [4.69, 9.17) is 4.74 Å². The van der Waals surface area contributed by atoms with Crippen LogP contribution in [-0.2, 0) is 11.2 Å². The molecule has 0 radical (unpaired) electrons. The Morgan fingerprint density at radius 3 is 2.85 bits per heavy atom. The zero-order valence-electron chi connectivity index (χ0n) is 12.4. The minimum Gasteiger partial charge on any atom is -0.377 e. The number of likely N-dealkylation sites (tertiary alicyclic amines) is 1. The highest BCUT2D eigenvalue weighted by molar-refractivity contribution is 5.14. The summed E-state index contributed by atoms with van der Waals surface area (Å²) in [4.78, 5) is 2.59. The van der Waals surface area contributed by atoms with Crippen LogP contribution in [0.5, 0.6) is 0 Å². The van der Waals surface area contributed by atoms with Crippen molar-refractivity contribution in [2.24, 2.45) is 0 Å². The van der Waals surface area contributed by atoms with E-state index in [0.29, 0.717) is 18.2 Å². The number of ether oxygens (including phenoxy) is 1. The molecular weight excluding hydrogens is 248 g/mol. The lowest BCUT2D eigenvalue weighted by Gasteiger charge is -2.22. The van der Waals surface area contributed by atoms with Crippen LogP contribution < -0.4 is 5.32 Å². The molecule has 2 aliphatic rings. The molecule has 3 unspecified atom stereocenters. The quantitative estimate of drug-likeness (QED) is 0.889. The molecule has 1 aromatic carbocycles. The van der Waals surface area contributed by atoms with E-state index in [2.05, 4.69) is 47.5 Å². The van der Waals surface area contributed by atoms with Crippen molar-refractivity contribution in [3.63, 3.8) is 0 Å². The molecule has 3 heteroatoms. The normalized spacial score (nSPS) is 30.9. The van der Waals surface area contributed by atoms with E-state index in [9.17, 15) is 0 Å². The van der Waals surface area contributed by atoms with Gasteiger partial charge in [0, 0.05) is 31.8 Å². The van der Waals surface area contributed by atoms with Gasteiger partial charge in [0.2, 0.25) is 0 Å². The first kappa shape index (κ1) is 14.1. The monoisotopic (exact) mass is 274 g/mol. The fourth-order valence-electron chi connectivity index (χ4n) is 3.36. The molecule has 2 heterocycles. The van der Waals surface area contributed by atoms with Crippen molar-refractivity contribution in [3.05, 3.63) is 35.9 Å². The lowest BCUT2D eigenvalue weighted by molar-refractivity contribution is 0.111. The molecule has 0 aromatic heterocycles. The van der Waals surface area contributed by atoms with Crippen LogP contribution in [0.4, 0.5) is 0 Å². The predicted octanol–water partition coefficient (Wildman–Crippen LogP) is 2.07. The SMILES string of the molecule is CC1OCCC1NC1CCN(CCc2ccccc2)C1. The van der Waals surface area contributed by atoms with Crippen LogP contribution in [0.25, 0.3) is 0 Å². The van der Waals surface area contributed by atoms with Gasteiger partial charge in [-0.3, -0.25) is 0 Å². The van der Waals surface area contributed by atoms with Gasteiger partial charge in [-0.25, -0.2) is 0 Å². The van der Waals surface area contributed by atoms with E-state index in [1.54, 1.807) is 0 Å². The van der Waals surface area contributed by atoms with Gasteiger partial charge < -0.3 is 15.0 Å². The predicted molar refractivity (Wildman–Crippen MR) is 81.9 cm³/mol. The second kappa shape index (κ2) is 6.70. The van der Waals surface area contributed by atoms with E-state index in [-0.39, 0.29) is 0 Å². The van der Waals surface area contributed by atoms with Gasteiger partial charge >= 0.3 is 0 Å². The molecule has 0 spiro atoms. The summed E-state index contributed by atoms with van der Waals surface area (Å²) < 4.78 is 5.63. The van der Waals surface area contributed by atoms with Crippen LogP contribution in [0.3, 0.4) is 0 Å². The number of hydrogen-bond donors (Lipinski definition) is 1. The van der Waals surface area contributed by atoms with Gasteiger partial charge in [0.1, 0.15) is 0 Å². The number of nitrogens with one attached hydrogen (secondary N) is 1. The van der Waals surface area contributed by atoms with Crippen molar-refractivity contribution in [3.8, 4) is 0 Å². The Bertz CT molecular complexity index is 409. The smallest absolute Gasteiger partial charge is 0.0700 e. The molecule has 0 bridgehead atoms. The topological polar surface area (TPSA) is 24.5 Å². The Morgan fingerprint density at radius 1 is 1.25 bits per heavy atom. The van der Waals surface area contributed by atoms with Crippen LogP contribution in [-0.4, -0.2) is 49.3 Å². The molecule has 2 aliphatic heterocycles. The minimum atomic E-state index is 0.383. The third-order valence-electron chi connectivity index (χ3n) is 4.66. The van der Waals surface area contributed by atoms with E-state index < -0.39 is 0 Å². The first-order chi connectivity index (χ1) is 9.81. The number of nitrogens with zero attached hydrogens (tertiary/aromatic N) is 1. The van der Waals surface area contributed by atoms with Crippen LogP contribution in [0, 0.1) is 0 Å². The molecular formula is C17H26N2O. The second-order valence-electron chi connectivity index (χ2n) is 6.16. The Kier molecular flexibility index (Phi) is 4.71. The van der Waals surface area contributed by atoms with E-state index in [1.807, 2.05) is 0 Å². The fraction of sp³-hybridized carbons (Fsp3) is 0.647. The third kappa shape index (κ3) is 3.60. The van der Waals surface area contributed by atoms with E-state index in [1.165, 1.54) is 38.0 Å². The zero-order chi connectivity index (χ0) is 13.8. The first-order valence-electron chi connectivity index (χ1n) is 7.95. The molecule has 1 N–H and O–H groups in total. The standard InChI is InChI=1S/C17H26N2O/c1-14-17(9-12-20-14)18-16-8-11-19(13-16)10-7-15-5-3-2-4-6-15/h2-6,14,16-18H,7-13H2,1H3. The summed E-state index contributed by atoms with van der Waals surface area (Å²) in [6, 6.07) is 12.0. The Labute approximate surface area is 122 Å². The summed E-state index contributed by atoms with van der Waals surface area (Å²) in [6.45, 7) is 6.71. The highest BCUT2D eigenvalue weighted by atomic mass is 16.5. The lowest BCUT2D eigenvalue weighted by Crippen LogP contribution is -2.43. The largest absolute Gasteiger partial charge is 0.377 e. The van der Waals surface area contributed by atoms with Gasteiger partial charge in [0.05, 0.1) is 6.10 Å². The van der Waals surface area contributed by atoms with Crippen LogP contribution >= 0.6 is 0 Å². The number of hydrogen-bond acceptors (Lipinski definition) is 3. The molecule has 3 atom stereocenters. The third-order valence-corrected chi connectivity index (χ3v) is 4.66. The number of benzene rings is 1. The highest BCUT2D eigenvalue weighted by Gasteiger charge is 2.29. The maximum absolute atomic E-state index is 5.63. The van der Waals surface area contributed by atoms with Crippen molar-refractivity contribution >= 4 is 0 Å². The maximum Gasteiger partial charge on any atom is 0.0700 e. The molecule has 2 fully saturated rings. The summed E-state index contributed by atoms with van der Waals surface area (Å²) in [7, 11) is 0. The maximum atomic E-state index is 5.63. The molecule has 0 saturated carbocycles. The van der Waals surface area contributed by atoms with Crippen LogP contribution in [0.1, 0.15) is 25.3 Å². The van der Waals surface area contributed by atoms with E-state index >= 15 is 0 Å². The van der Waals surface area contributed by atoms with E-state index in [0.717, 1.165) is 13.0 Å². The Morgan fingerprint density at radius 2 is 2.10 bits per heavy atom. The van der Waals surface area contributed by atoms with Gasteiger partial charge in [-0.05, 0) is 38.3 Å². The first-order valence-corrected chi connectivity index (χ1v) is 7.95. The van der Waals surface area contributed by atoms with Crippen molar-refractivity contribution in [1.29, 1.82) is 0 Å². The Hall–Kier alpha value is -0.900. The molecule has 2 saturated heterocycles. The fourth-order valence-corrected chi connectivity index (χ4v) is 3.36. The molecule has 0 aliphatic carbocycles. The molecule has 0 amide bonds. The van der Waals surface area contributed by atoms with Gasteiger partial charge in [-0.1, -0.05) is 30.3 Å². The average Bonchev–Trinajstić information content (AvgIpc) is 3.08. The average molecular weight is 274 g/mol. The summed E-state index contributed by atoms with van der Waals surface area (Å²) in [5.74, 6) is 0. The second-order valence-corrected chi connectivity index (χ2v) is 6.16. The minimum absolute atomic E-state index is 0.383. The summed E-state index contributed by atoms with van der Waals surface area (Å²) >= 11 is 0. The van der Waals surface area contributed by atoms with Crippen LogP contribution in [0.2, 0.25) is 0 Å². The lowest BCUT2D eigenvalue weighted by atomic mass is 10.1. The van der Waals surface area contributed by atoms with Gasteiger partial charge in [0.15, 0.2) is 0 Å². The number of rotatable bonds is 5. The highest BCUT2D eigenvalue weighted by Crippen LogP contribution is 2.17. The summed E-state index contributed by atoms with van der Waals surface area (Å²) in [5, 5.41) is 3.79. The molecule has 3 rings (SSSR count). The molecule has 1 aromatic rings. The molecule has 110 valence electrons. The van der Waals surface area contributed by atoms with Crippen LogP contribution in [0.15, 0.2) is 30.3 Å². The summed E-state index contributed by atoms with van der Waals surface area (Å²) in [5.41, 5.74) is 1.45.